The van der Waals surface area contributed by atoms with Crippen LogP contribution >= 0.6 is 0 Å². The first-order valence-electron chi connectivity index (χ1n) is 6.36. The van der Waals surface area contributed by atoms with Crippen LogP contribution in [0.5, 0.6) is 5.75 Å². The first kappa shape index (κ1) is 14.5. The van der Waals surface area contributed by atoms with Crippen LogP contribution in [0.25, 0.3) is 0 Å². The molecule has 0 heterocycles. The van der Waals surface area contributed by atoms with E-state index in [1.165, 1.54) is 0 Å². The van der Waals surface area contributed by atoms with E-state index in [4.69, 9.17) is 9.84 Å². The largest absolute Gasteiger partial charge is 0.479 e. The first-order valence-corrected chi connectivity index (χ1v) is 6.36. The van der Waals surface area contributed by atoms with Gasteiger partial charge in [0.2, 0.25) is 0 Å². The van der Waals surface area contributed by atoms with Crippen molar-refractivity contribution in [2.24, 2.45) is 0 Å². The van der Waals surface area contributed by atoms with Gasteiger partial charge < -0.3 is 15.2 Å². The predicted molar refractivity (Wildman–Crippen MR) is 70.8 cm³/mol. The number of nitrogens with one attached hydrogen (secondary N) is 1. The van der Waals surface area contributed by atoms with Gasteiger partial charge in [-0.25, -0.2) is 4.79 Å². The molecular formula is C14H21NO3. The Morgan fingerprint density at radius 1 is 1.44 bits per heavy atom. The molecule has 4 heteroatoms. The van der Waals surface area contributed by atoms with Gasteiger partial charge in [0.1, 0.15) is 5.75 Å². The van der Waals surface area contributed by atoms with Crippen LogP contribution < -0.4 is 10.1 Å². The first-order chi connectivity index (χ1) is 8.67. The molecule has 0 aliphatic heterocycles. The molecule has 0 amide bonds. The van der Waals surface area contributed by atoms with Crippen molar-refractivity contribution in [1.29, 1.82) is 0 Å². The van der Waals surface area contributed by atoms with Gasteiger partial charge in [0.15, 0.2) is 6.10 Å². The minimum absolute atomic E-state index is 0.452. The quantitative estimate of drug-likeness (QED) is 0.697. The lowest BCUT2D eigenvalue weighted by Crippen LogP contribution is -2.26. The van der Waals surface area contributed by atoms with Gasteiger partial charge >= 0.3 is 5.97 Å². The number of benzene rings is 1. The van der Waals surface area contributed by atoms with E-state index in [2.05, 4.69) is 12.2 Å². The van der Waals surface area contributed by atoms with Gasteiger partial charge in [-0.15, -0.1) is 0 Å². The van der Waals surface area contributed by atoms with Crippen molar-refractivity contribution in [1.82, 2.24) is 5.32 Å². The number of rotatable bonds is 8. The van der Waals surface area contributed by atoms with Crippen LogP contribution in [0.1, 0.15) is 32.3 Å². The van der Waals surface area contributed by atoms with E-state index in [0.29, 0.717) is 12.2 Å². The average Bonchev–Trinajstić information content (AvgIpc) is 2.36. The molecule has 0 aromatic heterocycles. The molecule has 0 spiro atoms. The summed E-state index contributed by atoms with van der Waals surface area (Å²) in [7, 11) is 0. The zero-order chi connectivity index (χ0) is 13.4. The van der Waals surface area contributed by atoms with Gasteiger partial charge in [0.25, 0.3) is 0 Å². The van der Waals surface area contributed by atoms with Crippen molar-refractivity contribution in [3.8, 4) is 5.75 Å². The molecule has 0 saturated carbocycles. The maximum absolute atomic E-state index is 10.9. The molecular weight excluding hydrogens is 230 g/mol. The van der Waals surface area contributed by atoms with E-state index in [9.17, 15) is 4.79 Å². The van der Waals surface area contributed by atoms with Crippen molar-refractivity contribution < 1.29 is 14.6 Å². The van der Waals surface area contributed by atoms with Crippen LogP contribution in [-0.4, -0.2) is 23.7 Å². The van der Waals surface area contributed by atoms with Gasteiger partial charge in [0.05, 0.1) is 0 Å². The summed E-state index contributed by atoms with van der Waals surface area (Å²) in [6.07, 6.45) is 0.768. The molecule has 1 unspecified atom stereocenters. The normalized spacial score (nSPS) is 12.1. The zero-order valence-electron chi connectivity index (χ0n) is 11.0. The summed E-state index contributed by atoms with van der Waals surface area (Å²) in [5, 5.41) is 12.2. The van der Waals surface area contributed by atoms with Crippen molar-refractivity contribution in [3.63, 3.8) is 0 Å². The lowest BCUT2D eigenvalue weighted by atomic mass is 10.2. The van der Waals surface area contributed by atoms with Gasteiger partial charge in [-0.2, -0.15) is 0 Å². The summed E-state index contributed by atoms with van der Waals surface area (Å²) in [6, 6.07) is 7.55. The summed E-state index contributed by atoms with van der Waals surface area (Å²) in [5.41, 5.74) is 1.10. The molecule has 4 nitrogen and oxygen atoms in total. The summed E-state index contributed by atoms with van der Waals surface area (Å²) in [6.45, 7) is 5.66. The highest BCUT2D eigenvalue weighted by atomic mass is 16.5. The Bertz CT molecular complexity index is 379. The van der Waals surface area contributed by atoms with Crippen LogP contribution in [0.15, 0.2) is 24.3 Å². The lowest BCUT2D eigenvalue weighted by molar-refractivity contribution is -0.145. The molecule has 1 rings (SSSR count). The van der Waals surface area contributed by atoms with E-state index >= 15 is 0 Å². The van der Waals surface area contributed by atoms with Crippen LogP contribution in [-0.2, 0) is 11.3 Å². The number of hydrogen-bond donors (Lipinski definition) is 2. The second kappa shape index (κ2) is 7.71. The number of hydrogen-bond acceptors (Lipinski definition) is 3. The minimum Gasteiger partial charge on any atom is -0.479 e. The fourth-order valence-electron chi connectivity index (χ4n) is 1.61. The third-order valence-corrected chi connectivity index (χ3v) is 2.58. The smallest absolute Gasteiger partial charge is 0.344 e. The molecule has 1 atom stereocenters. The van der Waals surface area contributed by atoms with Crippen molar-refractivity contribution in [3.05, 3.63) is 29.8 Å². The van der Waals surface area contributed by atoms with E-state index in [-0.39, 0.29) is 0 Å². The highest BCUT2D eigenvalue weighted by Gasteiger charge is 2.16. The Kier molecular flexibility index (Phi) is 6.22. The Labute approximate surface area is 108 Å². The molecule has 100 valence electrons. The second-order valence-electron chi connectivity index (χ2n) is 4.18. The highest BCUT2D eigenvalue weighted by molar-refractivity contribution is 5.72. The van der Waals surface area contributed by atoms with Crippen molar-refractivity contribution in [2.75, 3.05) is 6.54 Å². The molecule has 0 aliphatic carbocycles. The van der Waals surface area contributed by atoms with Crippen LogP contribution in [0.4, 0.5) is 0 Å². The second-order valence-corrected chi connectivity index (χ2v) is 4.18. The van der Waals surface area contributed by atoms with Crippen molar-refractivity contribution in [2.45, 2.75) is 39.3 Å². The number of carbonyl (C=O) groups is 1. The topological polar surface area (TPSA) is 58.6 Å². The van der Waals surface area contributed by atoms with Crippen LogP contribution in [0, 0.1) is 0 Å². The molecule has 0 saturated heterocycles. The molecule has 0 fully saturated rings. The molecule has 0 radical (unpaired) electrons. The maximum atomic E-state index is 10.9. The SMILES string of the molecule is CCCNCc1cccc(OC(CC)C(=O)O)c1. The minimum atomic E-state index is -0.924. The molecule has 0 bridgehead atoms. The monoisotopic (exact) mass is 251 g/mol. The summed E-state index contributed by atoms with van der Waals surface area (Å²) >= 11 is 0. The Balaban J connectivity index is 2.60. The molecule has 1 aromatic carbocycles. The average molecular weight is 251 g/mol. The van der Waals surface area contributed by atoms with Gasteiger partial charge in [-0.1, -0.05) is 26.0 Å². The zero-order valence-corrected chi connectivity index (χ0v) is 11.0. The van der Waals surface area contributed by atoms with Gasteiger partial charge in [-0.05, 0) is 37.1 Å². The van der Waals surface area contributed by atoms with Gasteiger partial charge in [0, 0.05) is 6.54 Å². The number of aliphatic carboxylic acids is 1. The van der Waals surface area contributed by atoms with E-state index < -0.39 is 12.1 Å². The van der Waals surface area contributed by atoms with E-state index in [1.807, 2.05) is 18.2 Å². The number of carboxylic acid groups (broad SMARTS) is 1. The number of ether oxygens (including phenoxy) is 1. The van der Waals surface area contributed by atoms with E-state index in [0.717, 1.165) is 25.1 Å². The molecule has 18 heavy (non-hydrogen) atoms. The number of carboxylic acids is 1. The van der Waals surface area contributed by atoms with Crippen LogP contribution in [0.3, 0.4) is 0 Å². The fourth-order valence-corrected chi connectivity index (χ4v) is 1.61. The third kappa shape index (κ3) is 4.75. The highest BCUT2D eigenvalue weighted by Crippen LogP contribution is 2.16. The molecule has 2 N–H and O–H groups in total. The summed E-state index contributed by atoms with van der Waals surface area (Å²) in [5.74, 6) is -0.313. The Morgan fingerprint density at radius 2 is 2.22 bits per heavy atom. The fraction of sp³-hybridized carbons (Fsp3) is 0.500. The standard InChI is InChI=1S/C14H21NO3/c1-3-8-15-10-11-6-5-7-12(9-11)18-13(4-2)14(16)17/h5-7,9,13,15H,3-4,8,10H2,1-2H3,(H,16,17). The summed E-state index contributed by atoms with van der Waals surface area (Å²) < 4.78 is 5.44. The molecule has 1 aromatic rings. The van der Waals surface area contributed by atoms with Crippen LogP contribution in [0.2, 0.25) is 0 Å². The lowest BCUT2D eigenvalue weighted by Gasteiger charge is -2.14. The van der Waals surface area contributed by atoms with Crippen molar-refractivity contribution >= 4 is 5.97 Å². The predicted octanol–water partition coefficient (Wildman–Crippen LogP) is 2.43. The van der Waals surface area contributed by atoms with E-state index in [1.54, 1.807) is 13.0 Å². The molecule has 0 aliphatic rings. The Morgan fingerprint density at radius 3 is 2.83 bits per heavy atom. The maximum Gasteiger partial charge on any atom is 0.344 e. The Hall–Kier alpha value is -1.55. The summed E-state index contributed by atoms with van der Waals surface area (Å²) in [4.78, 5) is 10.9. The van der Waals surface area contributed by atoms with Gasteiger partial charge in [-0.3, -0.25) is 0 Å². The third-order valence-electron chi connectivity index (χ3n) is 2.58.